The van der Waals surface area contributed by atoms with Crippen molar-refractivity contribution in [3.05, 3.63) is 40.2 Å². The number of H-pyrrole nitrogens is 1. The summed E-state index contributed by atoms with van der Waals surface area (Å²) < 4.78 is 0. The average Bonchev–Trinajstić information content (AvgIpc) is 2.28. The van der Waals surface area contributed by atoms with Crippen LogP contribution in [-0.4, -0.2) is 10.7 Å². The predicted octanol–water partition coefficient (Wildman–Crippen LogP) is 3.20. The Kier molecular flexibility index (Phi) is 2.33. The van der Waals surface area contributed by atoms with E-state index in [0.717, 1.165) is 23.3 Å². The Labute approximate surface area is 104 Å². The summed E-state index contributed by atoms with van der Waals surface area (Å²) in [5.41, 5.74) is 2.21. The van der Waals surface area contributed by atoms with Gasteiger partial charge in [0.1, 0.15) is 0 Å². The minimum Gasteiger partial charge on any atom is -0.322 e. The normalized spacial score (nSPS) is 18.0. The number of rotatable bonds is 0. The highest BCUT2D eigenvalue weighted by Crippen LogP contribution is 2.40. The summed E-state index contributed by atoms with van der Waals surface area (Å²) in [6.45, 7) is 4.44. The van der Waals surface area contributed by atoms with Gasteiger partial charge in [-0.3, -0.25) is 4.79 Å². The molecule has 0 atom stereocenters. The van der Waals surface area contributed by atoms with Gasteiger partial charge in [0.15, 0.2) is 0 Å². The first-order valence-corrected chi connectivity index (χ1v) is 6.82. The highest BCUT2D eigenvalue weighted by atomic mass is 32.2. The lowest BCUT2D eigenvalue weighted by Crippen LogP contribution is -2.28. The van der Waals surface area contributed by atoms with Gasteiger partial charge in [-0.05, 0) is 17.9 Å². The molecule has 2 nitrogen and oxygen atoms in total. The van der Waals surface area contributed by atoms with Crippen molar-refractivity contribution in [3.8, 4) is 0 Å². The lowest BCUT2D eigenvalue weighted by molar-refractivity contribution is 0.410. The van der Waals surface area contributed by atoms with Gasteiger partial charge < -0.3 is 4.98 Å². The summed E-state index contributed by atoms with van der Waals surface area (Å²) in [6.07, 6.45) is 0.871. The van der Waals surface area contributed by atoms with Crippen molar-refractivity contribution in [3.63, 3.8) is 0 Å². The van der Waals surface area contributed by atoms with Crippen LogP contribution < -0.4 is 5.56 Å². The van der Waals surface area contributed by atoms with E-state index in [-0.39, 0.29) is 11.0 Å². The molecular formula is C14H15NOS. The number of hydrogen-bond acceptors (Lipinski definition) is 2. The van der Waals surface area contributed by atoms with Gasteiger partial charge in [-0.2, -0.15) is 0 Å². The number of benzene rings is 1. The molecule has 0 unspecified atom stereocenters. The SMILES string of the molecule is CC1(C)CSc2c(c(=O)[nH]c3ccccc23)C1. The molecular weight excluding hydrogens is 230 g/mol. The van der Waals surface area contributed by atoms with Crippen LogP contribution in [0.4, 0.5) is 0 Å². The van der Waals surface area contributed by atoms with Gasteiger partial charge in [-0.15, -0.1) is 11.8 Å². The molecule has 0 saturated heterocycles. The maximum absolute atomic E-state index is 12.1. The Morgan fingerprint density at radius 2 is 2.06 bits per heavy atom. The van der Waals surface area contributed by atoms with Gasteiger partial charge >= 0.3 is 0 Å². The highest BCUT2D eigenvalue weighted by molar-refractivity contribution is 7.99. The number of thioether (sulfide) groups is 1. The molecule has 3 rings (SSSR count). The Morgan fingerprint density at radius 3 is 2.88 bits per heavy atom. The van der Waals surface area contributed by atoms with Crippen LogP contribution in [0, 0.1) is 5.41 Å². The van der Waals surface area contributed by atoms with Crippen molar-refractivity contribution in [1.82, 2.24) is 4.98 Å². The predicted molar refractivity (Wildman–Crippen MR) is 72.8 cm³/mol. The number of pyridine rings is 1. The summed E-state index contributed by atoms with van der Waals surface area (Å²) in [4.78, 5) is 16.3. The molecule has 0 bridgehead atoms. The fourth-order valence-corrected chi connectivity index (χ4v) is 3.69. The Bertz CT molecular complexity index is 642. The number of aromatic nitrogens is 1. The first kappa shape index (κ1) is 10.9. The number of para-hydroxylation sites is 1. The first-order chi connectivity index (χ1) is 8.07. The minimum absolute atomic E-state index is 0.0824. The zero-order chi connectivity index (χ0) is 12.0. The second-order valence-corrected chi connectivity index (χ2v) is 6.42. The summed E-state index contributed by atoms with van der Waals surface area (Å²) >= 11 is 1.82. The quantitative estimate of drug-likeness (QED) is 0.773. The first-order valence-electron chi connectivity index (χ1n) is 5.83. The molecule has 1 aromatic heterocycles. The Balaban J connectivity index is 2.33. The van der Waals surface area contributed by atoms with Crippen molar-refractivity contribution >= 4 is 22.7 Å². The van der Waals surface area contributed by atoms with Gasteiger partial charge in [0.25, 0.3) is 5.56 Å². The number of aromatic amines is 1. The smallest absolute Gasteiger partial charge is 0.252 e. The van der Waals surface area contributed by atoms with E-state index in [9.17, 15) is 4.79 Å². The molecule has 0 amide bonds. The van der Waals surface area contributed by atoms with E-state index >= 15 is 0 Å². The van der Waals surface area contributed by atoms with Crippen molar-refractivity contribution in [2.75, 3.05) is 5.75 Å². The monoisotopic (exact) mass is 245 g/mol. The molecule has 0 spiro atoms. The summed E-state index contributed by atoms with van der Waals surface area (Å²) in [7, 11) is 0. The van der Waals surface area contributed by atoms with Crippen molar-refractivity contribution in [2.24, 2.45) is 5.41 Å². The van der Waals surface area contributed by atoms with E-state index in [0.29, 0.717) is 0 Å². The average molecular weight is 245 g/mol. The van der Waals surface area contributed by atoms with Crippen LogP contribution in [0.1, 0.15) is 19.4 Å². The van der Waals surface area contributed by atoms with Crippen LogP contribution >= 0.6 is 11.8 Å². The number of hydrogen-bond donors (Lipinski definition) is 1. The largest absolute Gasteiger partial charge is 0.322 e. The van der Waals surface area contributed by atoms with Gasteiger partial charge in [0.2, 0.25) is 0 Å². The molecule has 0 fully saturated rings. The molecule has 17 heavy (non-hydrogen) atoms. The third-order valence-corrected chi connectivity index (χ3v) is 4.91. The van der Waals surface area contributed by atoms with Gasteiger partial charge in [-0.25, -0.2) is 0 Å². The fraction of sp³-hybridized carbons (Fsp3) is 0.357. The Morgan fingerprint density at radius 1 is 1.29 bits per heavy atom. The van der Waals surface area contributed by atoms with E-state index in [1.807, 2.05) is 30.0 Å². The van der Waals surface area contributed by atoms with Crippen LogP contribution in [0.25, 0.3) is 10.9 Å². The molecule has 0 aliphatic carbocycles. The zero-order valence-electron chi connectivity index (χ0n) is 10.0. The van der Waals surface area contributed by atoms with Gasteiger partial charge in [0, 0.05) is 27.1 Å². The van der Waals surface area contributed by atoms with E-state index in [1.165, 1.54) is 10.3 Å². The van der Waals surface area contributed by atoms with E-state index < -0.39 is 0 Å². The summed E-state index contributed by atoms with van der Waals surface area (Å²) in [6, 6.07) is 8.05. The molecule has 1 aliphatic rings. The molecule has 2 aromatic rings. The second kappa shape index (κ2) is 3.64. The lowest BCUT2D eigenvalue weighted by atomic mass is 9.87. The number of fused-ring (bicyclic) bond motifs is 3. The molecule has 2 heterocycles. The third kappa shape index (κ3) is 1.78. The summed E-state index contributed by atoms with van der Waals surface area (Å²) in [5.74, 6) is 1.08. The molecule has 1 aromatic carbocycles. The van der Waals surface area contributed by atoms with Crippen molar-refractivity contribution in [1.29, 1.82) is 0 Å². The molecule has 0 saturated carbocycles. The van der Waals surface area contributed by atoms with Crippen LogP contribution in [-0.2, 0) is 6.42 Å². The molecule has 88 valence electrons. The maximum atomic E-state index is 12.1. The van der Waals surface area contributed by atoms with Crippen LogP contribution in [0.15, 0.2) is 34.0 Å². The molecule has 0 radical (unpaired) electrons. The summed E-state index contributed by atoms with van der Waals surface area (Å²) in [5, 5.41) is 1.18. The van der Waals surface area contributed by atoms with Crippen LogP contribution in [0.2, 0.25) is 0 Å². The van der Waals surface area contributed by atoms with E-state index in [2.05, 4.69) is 24.9 Å². The van der Waals surface area contributed by atoms with Crippen LogP contribution in [0.5, 0.6) is 0 Å². The van der Waals surface area contributed by atoms with Crippen LogP contribution in [0.3, 0.4) is 0 Å². The van der Waals surface area contributed by atoms with E-state index in [4.69, 9.17) is 0 Å². The van der Waals surface area contributed by atoms with Crippen molar-refractivity contribution in [2.45, 2.75) is 25.2 Å². The third-order valence-electron chi connectivity index (χ3n) is 3.23. The minimum atomic E-state index is 0.0824. The molecule has 3 heteroatoms. The zero-order valence-corrected chi connectivity index (χ0v) is 10.9. The molecule has 1 aliphatic heterocycles. The molecule has 1 N–H and O–H groups in total. The number of nitrogens with one attached hydrogen (secondary N) is 1. The van der Waals surface area contributed by atoms with Gasteiger partial charge in [0.05, 0.1) is 0 Å². The van der Waals surface area contributed by atoms with Crippen molar-refractivity contribution < 1.29 is 0 Å². The highest BCUT2D eigenvalue weighted by Gasteiger charge is 2.28. The van der Waals surface area contributed by atoms with E-state index in [1.54, 1.807) is 0 Å². The standard InChI is InChI=1S/C14H15NOS/c1-14(2)7-10-12(17-8-14)9-5-3-4-6-11(9)15-13(10)16/h3-6H,7-8H2,1-2H3,(H,15,16). The maximum Gasteiger partial charge on any atom is 0.252 e. The fourth-order valence-electron chi connectivity index (χ4n) is 2.38. The second-order valence-electron chi connectivity index (χ2n) is 5.44. The lowest BCUT2D eigenvalue weighted by Gasteiger charge is -2.30. The topological polar surface area (TPSA) is 32.9 Å². The Hall–Kier alpha value is -1.22. The van der Waals surface area contributed by atoms with Gasteiger partial charge in [-0.1, -0.05) is 32.0 Å².